The first-order valence-electron chi connectivity index (χ1n) is 12.2. The number of rotatable bonds is 11. The van der Waals surface area contributed by atoms with Gasteiger partial charge in [-0.1, -0.05) is 11.3 Å². The summed E-state index contributed by atoms with van der Waals surface area (Å²) >= 11 is 1.48. The van der Waals surface area contributed by atoms with Crippen LogP contribution < -0.4 is 23.8 Å². The minimum absolute atomic E-state index is 0.161. The van der Waals surface area contributed by atoms with Crippen molar-refractivity contribution in [2.45, 2.75) is 6.92 Å². The number of methoxy groups -OCH3 is 3. The van der Waals surface area contributed by atoms with E-state index < -0.39 is 0 Å². The average molecular weight is 528 g/mol. The van der Waals surface area contributed by atoms with Gasteiger partial charge >= 0.3 is 0 Å². The second-order valence-electron chi connectivity index (χ2n) is 8.29. The van der Waals surface area contributed by atoms with E-state index in [1.165, 1.54) is 11.3 Å². The number of fused-ring (bicyclic) bond motifs is 1. The number of thiazole rings is 1. The number of carbonyl (C=O) groups is 1. The molecule has 0 unspecified atom stereocenters. The van der Waals surface area contributed by atoms with Crippen LogP contribution in [0.25, 0.3) is 16.3 Å². The zero-order valence-corrected chi connectivity index (χ0v) is 22.5. The van der Waals surface area contributed by atoms with Crippen molar-refractivity contribution in [1.29, 1.82) is 0 Å². The van der Waals surface area contributed by atoms with Crippen LogP contribution >= 0.6 is 11.3 Å². The molecular weight excluding hydrogens is 494 g/mol. The van der Waals surface area contributed by atoms with Crippen LogP contribution in [0.15, 0.2) is 36.4 Å². The van der Waals surface area contributed by atoms with Gasteiger partial charge in [-0.25, -0.2) is 4.98 Å². The van der Waals surface area contributed by atoms with Gasteiger partial charge in [-0.05, 0) is 48.9 Å². The third kappa shape index (κ3) is 6.51. The van der Waals surface area contributed by atoms with Gasteiger partial charge < -0.3 is 23.7 Å². The van der Waals surface area contributed by atoms with Gasteiger partial charge in [0.05, 0.1) is 51.4 Å². The van der Waals surface area contributed by atoms with Crippen molar-refractivity contribution < 1.29 is 28.5 Å². The van der Waals surface area contributed by atoms with Crippen molar-refractivity contribution in [2.24, 2.45) is 0 Å². The Hall–Kier alpha value is -3.34. The largest absolute Gasteiger partial charge is 0.494 e. The fourth-order valence-corrected chi connectivity index (χ4v) is 5.11. The Balaban J connectivity index is 1.61. The summed E-state index contributed by atoms with van der Waals surface area (Å²) in [6, 6.07) is 9.40. The Bertz CT molecular complexity index is 1210. The summed E-state index contributed by atoms with van der Waals surface area (Å²) in [6.07, 6.45) is 3.30. The third-order valence-electron chi connectivity index (χ3n) is 6.01. The SMILES string of the molecule is CCOc1ccc2nc(N(CCN3CCOCC3)C(=O)/C=C/c3cc(OC)c(OC)c(OC)c3)sc2c1. The lowest BCUT2D eigenvalue weighted by molar-refractivity contribution is -0.114. The van der Waals surface area contributed by atoms with Gasteiger partial charge in [-0.3, -0.25) is 14.6 Å². The van der Waals surface area contributed by atoms with Gasteiger partial charge in [0.15, 0.2) is 16.6 Å². The second-order valence-corrected chi connectivity index (χ2v) is 9.30. The molecule has 0 radical (unpaired) electrons. The van der Waals surface area contributed by atoms with Crippen LogP contribution in [-0.4, -0.2) is 83.1 Å². The Morgan fingerprint density at radius 1 is 1.11 bits per heavy atom. The van der Waals surface area contributed by atoms with Gasteiger partial charge in [0.25, 0.3) is 5.91 Å². The number of carbonyl (C=O) groups excluding carboxylic acids is 1. The Kier molecular flexibility index (Phi) is 9.21. The molecular formula is C27H33N3O6S. The molecule has 0 atom stereocenters. The van der Waals surface area contributed by atoms with E-state index in [0.717, 1.165) is 41.2 Å². The summed E-state index contributed by atoms with van der Waals surface area (Å²) in [4.78, 5) is 22.3. The van der Waals surface area contributed by atoms with E-state index in [-0.39, 0.29) is 5.91 Å². The van der Waals surface area contributed by atoms with Gasteiger partial charge in [-0.15, -0.1) is 0 Å². The molecule has 9 nitrogen and oxygen atoms in total. The van der Waals surface area contributed by atoms with Crippen molar-refractivity contribution >= 4 is 38.7 Å². The summed E-state index contributed by atoms with van der Waals surface area (Å²) in [5.74, 6) is 2.18. The van der Waals surface area contributed by atoms with Gasteiger partial charge in [0.1, 0.15) is 5.75 Å². The first-order chi connectivity index (χ1) is 18.1. The number of hydrogen-bond acceptors (Lipinski definition) is 9. The number of morpholine rings is 1. The summed E-state index contributed by atoms with van der Waals surface area (Å²) in [5.41, 5.74) is 1.59. The molecule has 1 amide bonds. The molecule has 198 valence electrons. The summed E-state index contributed by atoms with van der Waals surface area (Å²) in [7, 11) is 4.68. The lowest BCUT2D eigenvalue weighted by Crippen LogP contribution is -2.42. The number of anilines is 1. The maximum Gasteiger partial charge on any atom is 0.252 e. The number of aromatic nitrogens is 1. The van der Waals surface area contributed by atoms with Crippen LogP contribution in [-0.2, 0) is 9.53 Å². The topological polar surface area (TPSA) is 82.6 Å². The molecule has 1 fully saturated rings. The number of benzene rings is 2. The first-order valence-corrected chi connectivity index (χ1v) is 13.0. The molecule has 0 N–H and O–H groups in total. The van der Waals surface area contributed by atoms with E-state index in [0.29, 0.717) is 48.7 Å². The van der Waals surface area contributed by atoms with Crippen molar-refractivity contribution in [2.75, 3.05) is 72.2 Å². The normalized spacial score (nSPS) is 14.2. The number of amides is 1. The van der Waals surface area contributed by atoms with E-state index >= 15 is 0 Å². The highest BCUT2D eigenvalue weighted by molar-refractivity contribution is 7.22. The molecule has 0 aliphatic carbocycles. The van der Waals surface area contributed by atoms with Gasteiger partial charge in [-0.2, -0.15) is 0 Å². The summed E-state index contributed by atoms with van der Waals surface area (Å²) < 4.78 is 28.4. The quantitative estimate of drug-likeness (QED) is 0.345. The number of ether oxygens (including phenoxy) is 5. The monoisotopic (exact) mass is 527 g/mol. The lowest BCUT2D eigenvalue weighted by atomic mass is 10.1. The highest BCUT2D eigenvalue weighted by Gasteiger charge is 2.21. The molecule has 1 aliphatic heterocycles. The third-order valence-corrected chi connectivity index (χ3v) is 7.05. The van der Waals surface area contributed by atoms with Gasteiger partial charge in [0.2, 0.25) is 5.75 Å². The van der Waals surface area contributed by atoms with Crippen LogP contribution in [0.3, 0.4) is 0 Å². The fraction of sp³-hybridized carbons (Fsp3) is 0.407. The minimum Gasteiger partial charge on any atom is -0.494 e. The summed E-state index contributed by atoms with van der Waals surface area (Å²) in [6.45, 7) is 6.89. The smallest absolute Gasteiger partial charge is 0.252 e. The van der Waals surface area contributed by atoms with E-state index in [1.54, 1.807) is 50.5 Å². The van der Waals surface area contributed by atoms with Crippen LogP contribution in [0.4, 0.5) is 5.13 Å². The number of nitrogens with zero attached hydrogens (tertiary/aromatic N) is 3. The van der Waals surface area contributed by atoms with Crippen molar-refractivity contribution in [3.8, 4) is 23.0 Å². The zero-order chi connectivity index (χ0) is 26.2. The van der Waals surface area contributed by atoms with E-state index in [1.807, 2.05) is 25.1 Å². The molecule has 0 saturated carbocycles. The Morgan fingerprint density at radius 3 is 2.49 bits per heavy atom. The molecule has 1 aliphatic rings. The maximum absolute atomic E-state index is 13.5. The highest BCUT2D eigenvalue weighted by atomic mass is 32.1. The lowest BCUT2D eigenvalue weighted by Gasteiger charge is -2.28. The molecule has 2 heterocycles. The molecule has 4 rings (SSSR count). The maximum atomic E-state index is 13.5. The minimum atomic E-state index is -0.161. The molecule has 0 spiro atoms. The highest BCUT2D eigenvalue weighted by Crippen LogP contribution is 2.38. The zero-order valence-electron chi connectivity index (χ0n) is 21.7. The molecule has 2 aromatic carbocycles. The number of hydrogen-bond donors (Lipinski definition) is 0. The summed E-state index contributed by atoms with van der Waals surface area (Å²) in [5, 5.41) is 0.649. The van der Waals surface area contributed by atoms with Crippen LogP contribution in [0.1, 0.15) is 12.5 Å². The van der Waals surface area contributed by atoms with Crippen molar-refractivity contribution in [3.05, 3.63) is 42.0 Å². The van der Waals surface area contributed by atoms with Crippen LogP contribution in [0, 0.1) is 0 Å². The molecule has 10 heteroatoms. The predicted octanol–water partition coefficient (Wildman–Crippen LogP) is 4.10. The van der Waals surface area contributed by atoms with Crippen LogP contribution in [0.5, 0.6) is 23.0 Å². The van der Waals surface area contributed by atoms with E-state index in [9.17, 15) is 4.79 Å². The van der Waals surface area contributed by atoms with Crippen molar-refractivity contribution in [3.63, 3.8) is 0 Å². The standard InChI is InChI=1S/C27H33N3O6S/c1-5-36-20-7-8-21-24(18-20)37-27(28-21)30(11-10-29-12-14-35-15-13-29)25(31)9-6-19-16-22(32-2)26(34-4)23(17-19)33-3/h6-9,16-18H,5,10-15H2,1-4H3/b9-6+. The van der Waals surface area contributed by atoms with Crippen LogP contribution in [0.2, 0.25) is 0 Å². The molecule has 37 heavy (non-hydrogen) atoms. The molecule has 1 saturated heterocycles. The van der Waals surface area contributed by atoms with Crippen molar-refractivity contribution in [1.82, 2.24) is 9.88 Å². The van der Waals surface area contributed by atoms with Gasteiger partial charge in [0, 0.05) is 32.3 Å². The Labute approximate surface area is 221 Å². The average Bonchev–Trinajstić information content (AvgIpc) is 3.35. The Morgan fingerprint density at radius 2 is 1.84 bits per heavy atom. The first kappa shape index (κ1) is 26.7. The predicted molar refractivity (Wildman–Crippen MR) is 146 cm³/mol. The van der Waals surface area contributed by atoms with E-state index in [4.69, 9.17) is 28.7 Å². The molecule has 0 bridgehead atoms. The second kappa shape index (κ2) is 12.8. The van der Waals surface area contributed by atoms with E-state index in [2.05, 4.69) is 4.90 Å². The molecule has 1 aromatic heterocycles. The fourth-order valence-electron chi connectivity index (χ4n) is 4.09. The molecule has 3 aromatic rings.